The van der Waals surface area contributed by atoms with E-state index in [1.54, 1.807) is 4.41 Å². The minimum Gasteiger partial charge on any atom is -0.0703 e. The Morgan fingerprint density at radius 2 is 0.788 bits per heavy atom. The van der Waals surface area contributed by atoms with Gasteiger partial charge in [0, 0.05) is 0 Å². The molecular weight excluding hydrogens is 777 g/mol. The van der Waals surface area contributed by atoms with Crippen LogP contribution in [0.3, 0.4) is 0 Å². The van der Waals surface area contributed by atoms with Crippen LogP contribution in [0.5, 0.6) is 0 Å². The third-order valence-electron chi connectivity index (χ3n) is 14.8. The van der Waals surface area contributed by atoms with Gasteiger partial charge in [-0.25, -0.2) is 0 Å². The first kappa shape index (κ1) is 55.5. The Hall–Kier alpha value is 1.40. The van der Waals surface area contributed by atoms with Gasteiger partial charge in [0.05, 0.1) is 8.80 Å². The maximum absolute atomic E-state index is 3.16. The van der Waals surface area contributed by atoms with Gasteiger partial charge in [-0.1, -0.05) is 48.1 Å². The van der Waals surface area contributed by atoms with Crippen molar-refractivity contribution in [2.24, 2.45) is 0 Å². The molecular formula is C44H91GeLiSi6. The fourth-order valence-electron chi connectivity index (χ4n) is 9.66. The molecule has 4 radical (unpaired) electrons. The zero-order chi connectivity index (χ0) is 41.7. The number of benzene rings is 1. The van der Waals surface area contributed by atoms with Gasteiger partial charge in [0.2, 0.25) is 0 Å². The van der Waals surface area contributed by atoms with Crippen LogP contribution >= 0.6 is 0 Å². The van der Waals surface area contributed by atoms with Crippen LogP contribution in [0.2, 0.25) is 66.5 Å². The van der Waals surface area contributed by atoms with Gasteiger partial charge < -0.3 is 0 Å². The zero-order valence-electron chi connectivity index (χ0n) is 41.0. The zero-order valence-corrected chi connectivity index (χ0v) is 49.5. The van der Waals surface area contributed by atoms with Crippen molar-refractivity contribution < 1.29 is 18.9 Å². The molecule has 0 aliphatic carbocycles. The van der Waals surface area contributed by atoms with E-state index in [1.165, 1.54) is 5.56 Å². The summed E-state index contributed by atoms with van der Waals surface area (Å²) in [4.78, 5) is 0. The van der Waals surface area contributed by atoms with Crippen molar-refractivity contribution in [2.75, 3.05) is 0 Å². The Bertz CT molecular complexity index is 1200. The molecule has 0 aliphatic heterocycles. The van der Waals surface area contributed by atoms with E-state index in [9.17, 15) is 0 Å². The van der Waals surface area contributed by atoms with Crippen molar-refractivity contribution in [3.05, 3.63) is 41.6 Å². The monoisotopic (exact) mass is 869 g/mol. The van der Waals surface area contributed by atoms with Crippen molar-refractivity contribution in [3.63, 3.8) is 0 Å². The summed E-state index contributed by atoms with van der Waals surface area (Å²) >= 11 is 1.86. The van der Waals surface area contributed by atoms with Gasteiger partial charge in [-0.2, -0.15) is 0 Å². The minimum absolute atomic E-state index is 0. The summed E-state index contributed by atoms with van der Waals surface area (Å²) < 4.78 is 1.62. The van der Waals surface area contributed by atoms with E-state index in [4.69, 9.17) is 0 Å². The van der Waals surface area contributed by atoms with Crippen LogP contribution in [0.15, 0.2) is 36.0 Å². The average molecular weight is 868 g/mol. The number of hydrogen-bond donors (Lipinski definition) is 0. The van der Waals surface area contributed by atoms with Crippen LogP contribution in [0.4, 0.5) is 0 Å². The Balaban J connectivity index is 0. The topological polar surface area (TPSA) is 0 Å². The molecule has 0 amide bonds. The summed E-state index contributed by atoms with van der Waals surface area (Å²) in [7, 11) is -5.12. The summed E-state index contributed by atoms with van der Waals surface area (Å²) in [5.74, 6) is 0. The Morgan fingerprint density at radius 1 is 0.519 bits per heavy atom. The maximum Gasteiger partial charge on any atom is 1.00 e. The van der Waals surface area contributed by atoms with Gasteiger partial charge in [-0.05, 0) is 10.1 Å². The SMILES string of the molecule is CC(C)(C)[Si](C)([Si-][Si](/C=[C](\[GeH])c1ccccc1)([Si](C)(C(C)(C)C)C(C)(C)C)[Si](C)(C(C)(C)C)C(C)(C)C)C(C)(C)C.C[Si](C(C)(C)C)C(C)(C)C.[Li+]. The van der Waals surface area contributed by atoms with Crippen LogP contribution < -0.4 is 18.9 Å². The van der Waals surface area contributed by atoms with Gasteiger partial charge in [-0.3, -0.25) is 0 Å². The van der Waals surface area contributed by atoms with Crippen LogP contribution in [0.1, 0.15) is 172 Å². The summed E-state index contributed by atoms with van der Waals surface area (Å²) in [5, 5.41) is 2.92. The molecule has 52 heavy (non-hydrogen) atoms. The van der Waals surface area contributed by atoms with E-state index in [0.717, 1.165) is 8.55 Å². The molecule has 0 aromatic heterocycles. The molecule has 0 bridgehead atoms. The first-order valence-electron chi connectivity index (χ1n) is 20.0. The largest absolute Gasteiger partial charge is 1.00 e. The average Bonchev–Trinajstić information content (AvgIpc) is 2.87. The molecule has 0 saturated carbocycles. The van der Waals surface area contributed by atoms with E-state index in [2.05, 4.69) is 228 Å². The predicted molar refractivity (Wildman–Crippen MR) is 257 cm³/mol. The number of rotatable bonds is 6. The second-order valence-corrected chi connectivity index (χ2v) is 72.0. The van der Waals surface area contributed by atoms with Gasteiger partial charge in [0.25, 0.3) is 0 Å². The van der Waals surface area contributed by atoms with Crippen LogP contribution in [-0.2, 0) is 0 Å². The van der Waals surface area contributed by atoms with E-state index in [1.807, 2.05) is 16.5 Å². The number of hydrogen-bond acceptors (Lipinski definition) is 0. The molecule has 0 heterocycles. The van der Waals surface area contributed by atoms with E-state index < -0.39 is 29.4 Å². The third-order valence-corrected chi connectivity index (χ3v) is 104. The van der Waals surface area contributed by atoms with E-state index >= 15 is 0 Å². The quantitative estimate of drug-likeness (QED) is 0.250. The normalized spacial score (nSPS) is 15.6. The van der Waals surface area contributed by atoms with Crippen LogP contribution in [0, 0.1) is 0 Å². The summed E-state index contributed by atoms with van der Waals surface area (Å²) in [5.41, 5.74) is 4.62. The molecule has 296 valence electrons. The fourth-order valence-corrected chi connectivity index (χ4v) is 141. The second-order valence-electron chi connectivity index (χ2n) is 24.9. The predicted octanol–water partition coefficient (Wildman–Crippen LogP) is 12.5. The Morgan fingerprint density at radius 3 is 0.981 bits per heavy atom. The van der Waals surface area contributed by atoms with Crippen molar-refractivity contribution in [1.82, 2.24) is 0 Å². The standard InChI is InChI=1S/C35H70GeSi5.C9H21Si.Li/c1-30(2,3)38(19,31(4,5)6)37-41(27-29(36)28-25-23-22-24-26-28,39(20,32(7,8)9)33(10,11)12)40(21,34(13,14)15)35(16,17)18;1-8(2,3)10(7)9(4,5)6;/h22-27,36H,1-21H3;1-7H3;/q-1;;+1/b29-27-;;. The van der Waals surface area contributed by atoms with Crippen LogP contribution in [0.25, 0.3) is 4.41 Å². The fraction of sp³-hybridized carbons (Fsp3) is 0.818. The van der Waals surface area contributed by atoms with E-state index in [0.29, 0.717) is 40.3 Å². The molecule has 1 aromatic carbocycles. The molecule has 0 nitrogen and oxygen atoms in total. The molecule has 0 unspecified atom stereocenters. The summed E-state index contributed by atoms with van der Waals surface area (Å²) in [6, 6.07) is 11.5. The first-order valence-corrected chi connectivity index (χ1v) is 37.8. The minimum atomic E-state index is -2.22. The van der Waals surface area contributed by atoms with Gasteiger partial charge in [0.1, 0.15) is 0 Å². The summed E-state index contributed by atoms with van der Waals surface area (Å²) in [6.07, 6.45) is 0. The molecule has 0 aliphatic rings. The second kappa shape index (κ2) is 17.3. The molecule has 0 saturated heterocycles. The van der Waals surface area contributed by atoms with Crippen molar-refractivity contribution >= 4 is 67.7 Å². The smallest absolute Gasteiger partial charge is 0.0703 e. The third kappa shape index (κ3) is 11.1. The Kier molecular flexibility index (Phi) is 18.5. The van der Waals surface area contributed by atoms with E-state index in [-0.39, 0.29) is 27.7 Å². The molecule has 8 heteroatoms. The molecule has 1 aromatic rings. The molecule has 0 atom stereocenters. The van der Waals surface area contributed by atoms with Gasteiger partial charge in [0.15, 0.2) is 0 Å². The Labute approximate surface area is 357 Å². The van der Waals surface area contributed by atoms with Crippen molar-refractivity contribution in [2.45, 2.75) is 233 Å². The molecule has 0 spiro atoms. The van der Waals surface area contributed by atoms with Gasteiger partial charge >= 0.3 is 294 Å². The summed E-state index contributed by atoms with van der Waals surface area (Å²) in [6.45, 7) is 70.8. The van der Waals surface area contributed by atoms with Crippen LogP contribution in [-0.4, -0.2) is 63.3 Å². The molecule has 0 fully saturated rings. The van der Waals surface area contributed by atoms with Crippen molar-refractivity contribution in [1.29, 1.82) is 0 Å². The van der Waals surface area contributed by atoms with Crippen molar-refractivity contribution in [3.8, 4) is 0 Å². The van der Waals surface area contributed by atoms with Gasteiger partial charge in [-0.15, -0.1) is 0 Å². The molecule has 0 N–H and O–H groups in total. The maximum atomic E-state index is 3.16. The first-order chi connectivity index (χ1) is 21.9. The molecule has 1 rings (SSSR count).